The highest BCUT2D eigenvalue weighted by atomic mass is 28.3. The van der Waals surface area contributed by atoms with Gasteiger partial charge in [0.15, 0.2) is 0 Å². The van der Waals surface area contributed by atoms with E-state index >= 15 is 0 Å². The lowest BCUT2D eigenvalue weighted by Gasteiger charge is -2.43. The molecule has 0 aromatic carbocycles. The molecule has 0 amide bonds. The van der Waals surface area contributed by atoms with Crippen molar-refractivity contribution in [3.63, 3.8) is 0 Å². The fourth-order valence-corrected chi connectivity index (χ4v) is 9.40. The molecule has 1 saturated carbocycles. The molecule has 2 fully saturated rings. The van der Waals surface area contributed by atoms with Crippen molar-refractivity contribution in [3.05, 3.63) is 12.7 Å². The Kier molecular flexibility index (Phi) is 6.07. The number of carbonyl (C=O) groups excluding carboxylic acids is 1. The Hall–Kier alpha value is -0.373. The number of rotatable bonds is 6. The highest BCUT2D eigenvalue weighted by Gasteiger charge is 2.40. The fraction of sp³-hybridized carbons (Fsp3) is 0.833. The Bertz CT molecular complexity index is 309. The van der Waals surface area contributed by atoms with E-state index in [2.05, 4.69) is 19.2 Å². The van der Waals surface area contributed by atoms with E-state index in [1.165, 1.54) is 76.2 Å². The Morgan fingerprint density at radius 1 is 1.10 bits per heavy atom. The third-order valence-electron chi connectivity index (χ3n) is 6.22. The van der Waals surface area contributed by atoms with E-state index in [-0.39, 0.29) is 0 Å². The molecule has 0 atom stereocenters. The molecule has 2 heteroatoms. The SMILES string of the molecule is C=CCCCC1CCC([Si]2(C)CCC(C=O)CC2)CC1. The number of hydrogen-bond acceptors (Lipinski definition) is 1. The predicted molar refractivity (Wildman–Crippen MR) is 89.8 cm³/mol. The highest BCUT2D eigenvalue weighted by molar-refractivity contribution is 6.80. The first kappa shape index (κ1) is 16.0. The standard InChI is InChI=1S/C18H32OSi/c1-3-4-5-6-16-7-9-18(10-8-16)20(2)13-11-17(15-19)12-14-20/h3,15-18H,1,4-14H2,2H3. The molecular formula is C18H32OSi. The van der Waals surface area contributed by atoms with E-state index in [9.17, 15) is 4.79 Å². The number of hydrogen-bond donors (Lipinski definition) is 0. The zero-order valence-electron chi connectivity index (χ0n) is 13.3. The zero-order valence-corrected chi connectivity index (χ0v) is 14.3. The van der Waals surface area contributed by atoms with Crippen molar-refractivity contribution in [2.45, 2.75) is 82.0 Å². The number of unbranched alkanes of at least 4 members (excludes halogenated alkanes) is 1. The monoisotopic (exact) mass is 292 g/mol. The van der Waals surface area contributed by atoms with Crippen molar-refractivity contribution < 1.29 is 4.79 Å². The lowest BCUT2D eigenvalue weighted by Crippen LogP contribution is -2.41. The Labute approximate surface area is 126 Å². The van der Waals surface area contributed by atoms with Crippen LogP contribution in [0.2, 0.25) is 24.2 Å². The van der Waals surface area contributed by atoms with Crippen molar-refractivity contribution in [2.75, 3.05) is 0 Å². The molecule has 0 aromatic rings. The third-order valence-corrected chi connectivity index (χ3v) is 11.6. The van der Waals surface area contributed by atoms with Gasteiger partial charge in [0.25, 0.3) is 0 Å². The molecule has 1 nitrogen and oxygen atoms in total. The molecule has 0 aromatic heterocycles. The van der Waals surface area contributed by atoms with Gasteiger partial charge in [0, 0.05) is 5.92 Å². The minimum Gasteiger partial charge on any atom is -0.303 e. The average molecular weight is 293 g/mol. The number of carbonyl (C=O) groups is 1. The van der Waals surface area contributed by atoms with E-state index in [1.807, 2.05) is 0 Å². The van der Waals surface area contributed by atoms with Crippen molar-refractivity contribution in [3.8, 4) is 0 Å². The summed E-state index contributed by atoms with van der Waals surface area (Å²) >= 11 is 0. The first-order valence-electron chi connectivity index (χ1n) is 8.74. The van der Waals surface area contributed by atoms with Crippen molar-refractivity contribution >= 4 is 14.4 Å². The van der Waals surface area contributed by atoms with E-state index in [0.717, 1.165) is 11.5 Å². The van der Waals surface area contributed by atoms with Gasteiger partial charge in [0.2, 0.25) is 0 Å². The fourth-order valence-electron chi connectivity index (χ4n) is 4.54. The number of aldehydes is 1. The Morgan fingerprint density at radius 3 is 2.30 bits per heavy atom. The molecule has 2 aliphatic rings. The Morgan fingerprint density at radius 2 is 1.75 bits per heavy atom. The van der Waals surface area contributed by atoms with Gasteiger partial charge in [-0.1, -0.05) is 56.8 Å². The van der Waals surface area contributed by atoms with Crippen molar-refractivity contribution in [1.82, 2.24) is 0 Å². The summed E-state index contributed by atoms with van der Waals surface area (Å²) in [4.78, 5) is 10.9. The largest absolute Gasteiger partial charge is 0.303 e. The van der Waals surface area contributed by atoms with Gasteiger partial charge in [-0.05, 0) is 37.1 Å². The summed E-state index contributed by atoms with van der Waals surface area (Å²) in [6, 6.07) is 2.84. The molecule has 20 heavy (non-hydrogen) atoms. The van der Waals surface area contributed by atoms with Crippen LogP contribution in [0, 0.1) is 11.8 Å². The third kappa shape index (κ3) is 4.06. The Balaban J connectivity index is 1.75. The molecule has 0 unspecified atom stereocenters. The zero-order chi connectivity index (χ0) is 14.4. The maximum Gasteiger partial charge on any atom is 0.123 e. The van der Waals surface area contributed by atoms with E-state index < -0.39 is 8.07 Å². The van der Waals surface area contributed by atoms with Crippen LogP contribution in [-0.4, -0.2) is 14.4 Å². The van der Waals surface area contributed by atoms with Crippen LogP contribution in [0.3, 0.4) is 0 Å². The van der Waals surface area contributed by atoms with Gasteiger partial charge in [0.05, 0.1) is 8.07 Å². The van der Waals surface area contributed by atoms with Gasteiger partial charge in [0.1, 0.15) is 6.29 Å². The lowest BCUT2D eigenvalue weighted by molar-refractivity contribution is -0.111. The summed E-state index contributed by atoms with van der Waals surface area (Å²) in [5.41, 5.74) is 1.06. The molecule has 1 heterocycles. The minimum atomic E-state index is -1.04. The lowest BCUT2D eigenvalue weighted by atomic mass is 9.85. The molecule has 1 aliphatic carbocycles. The van der Waals surface area contributed by atoms with Crippen molar-refractivity contribution in [2.24, 2.45) is 11.8 Å². The molecule has 114 valence electrons. The topological polar surface area (TPSA) is 17.1 Å². The summed E-state index contributed by atoms with van der Waals surface area (Å²) in [5, 5.41) is 0. The van der Waals surface area contributed by atoms with Gasteiger partial charge in [-0.2, -0.15) is 0 Å². The van der Waals surface area contributed by atoms with Crippen LogP contribution in [0.5, 0.6) is 0 Å². The second-order valence-electron chi connectivity index (χ2n) is 7.56. The molecule has 1 saturated heterocycles. The first-order chi connectivity index (χ1) is 9.68. The van der Waals surface area contributed by atoms with Crippen LogP contribution in [0.1, 0.15) is 57.8 Å². The molecule has 0 radical (unpaired) electrons. The van der Waals surface area contributed by atoms with Crippen LogP contribution >= 0.6 is 0 Å². The summed E-state index contributed by atoms with van der Waals surface area (Å²) in [6.07, 6.45) is 15.6. The molecule has 2 rings (SSSR count). The minimum absolute atomic E-state index is 0.394. The normalized spacial score (nSPS) is 38.4. The van der Waals surface area contributed by atoms with Crippen LogP contribution in [0.25, 0.3) is 0 Å². The van der Waals surface area contributed by atoms with E-state index in [0.29, 0.717) is 5.92 Å². The maximum absolute atomic E-state index is 10.9. The van der Waals surface area contributed by atoms with Crippen molar-refractivity contribution in [1.29, 1.82) is 0 Å². The van der Waals surface area contributed by atoms with Crippen LogP contribution < -0.4 is 0 Å². The predicted octanol–water partition coefficient (Wildman–Crippen LogP) is 5.59. The second-order valence-corrected chi connectivity index (χ2v) is 12.7. The van der Waals surface area contributed by atoms with Gasteiger partial charge in [-0.25, -0.2) is 0 Å². The summed E-state index contributed by atoms with van der Waals surface area (Å²) < 4.78 is 0. The molecule has 0 bridgehead atoms. The van der Waals surface area contributed by atoms with Gasteiger partial charge >= 0.3 is 0 Å². The van der Waals surface area contributed by atoms with Crippen LogP contribution in [-0.2, 0) is 4.79 Å². The molecule has 0 spiro atoms. The molecular weight excluding hydrogens is 260 g/mol. The van der Waals surface area contributed by atoms with Gasteiger partial charge < -0.3 is 4.79 Å². The second kappa shape index (κ2) is 7.58. The van der Waals surface area contributed by atoms with Crippen LogP contribution in [0.4, 0.5) is 0 Å². The molecule has 1 aliphatic heterocycles. The highest BCUT2D eigenvalue weighted by Crippen LogP contribution is 2.47. The van der Waals surface area contributed by atoms with Gasteiger partial charge in [-0.15, -0.1) is 6.58 Å². The summed E-state index contributed by atoms with van der Waals surface area (Å²) in [7, 11) is -1.04. The number of allylic oxidation sites excluding steroid dienone is 1. The summed E-state index contributed by atoms with van der Waals surface area (Å²) in [6.45, 7) is 6.46. The smallest absolute Gasteiger partial charge is 0.123 e. The quantitative estimate of drug-likeness (QED) is 0.270. The average Bonchev–Trinajstić information content (AvgIpc) is 2.49. The maximum atomic E-state index is 10.9. The first-order valence-corrected chi connectivity index (χ1v) is 11.7. The molecule has 0 N–H and O–H groups in total. The van der Waals surface area contributed by atoms with E-state index in [1.54, 1.807) is 0 Å². The summed E-state index contributed by atoms with van der Waals surface area (Å²) in [5.74, 6) is 1.39. The van der Waals surface area contributed by atoms with E-state index in [4.69, 9.17) is 0 Å². The van der Waals surface area contributed by atoms with Crippen LogP contribution in [0.15, 0.2) is 12.7 Å². The van der Waals surface area contributed by atoms with Gasteiger partial charge in [-0.3, -0.25) is 0 Å².